The minimum Gasteiger partial charge on any atom is -0.346 e. The Balaban J connectivity index is 1.73. The van der Waals surface area contributed by atoms with Crippen molar-refractivity contribution in [3.63, 3.8) is 0 Å². The minimum absolute atomic E-state index is 0.192. The second kappa shape index (κ2) is 5.44. The Bertz CT molecular complexity index is 781. The highest BCUT2D eigenvalue weighted by molar-refractivity contribution is 7.15. The standard InChI is InChI=1S/C13H9Cl2N3OS/c14-10-2-1-8(5-11(10)15)12(19)17-6-9-7-20-13-16-3-4-18(9)13/h1-5,7H,6H2,(H,17,19). The summed E-state index contributed by atoms with van der Waals surface area (Å²) < 4.78 is 1.94. The molecular weight excluding hydrogens is 317 g/mol. The fraction of sp³-hybridized carbons (Fsp3) is 0.0769. The molecule has 0 saturated carbocycles. The second-order valence-corrected chi connectivity index (χ2v) is 5.77. The molecule has 0 atom stereocenters. The van der Waals surface area contributed by atoms with E-state index < -0.39 is 0 Å². The molecule has 3 aromatic rings. The fourth-order valence-electron chi connectivity index (χ4n) is 1.81. The van der Waals surface area contributed by atoms with E-state index in [-0.39, 0.29) is 5.91 Å². The topological polar surface area (TPSA) is 46.4 Å². The van der Waals surface area contributed by atoms with Crippen LogP contribution in [0.15, 0.2) is 36.0 Å². The van der Waals surface area contributed by atoms with Gasteiger partial charge in [-0.2, -0.15) is 0 Å². The average molecular weight is 326 g/mol. The Morgan fingerprint density at radius 2 is 2.20 bits per heavy atom. The van der Waals surface area contributed by atoms with Gasteiger partial charge < -0.3 is 5.32 Å². The predicted molar refractivity (Wildman–Crippen MR) is 80.7 cm³/mol. The van der Waals surface area contributed by atoms with Gasteiger partial charge in [-0.25, -0.2) is 4.98 Å². The van der Waals surface area contributed by atoms with E-state index in [9.17, 15) is 4.79 Å². The number of amides is 1. The number of carbonyl (C=O) groups is 1. The van der Waals surface area contributed by atoms with Gasteiger partial charge in [0.1, 0.15) is 0 Å². The first kappa shape index (κ1) is 13.4. The first-order valence-corrected chi connectivity index (χ1v) is 7.41. The molecule has 2 aromatic heterocycles. The largest absolute Gasteiger partial charge is 0.346 e. The summed E-state index contributed by atoms with van der Waals surface area (Å²) in [6.45, 7) is 0.426. The van der Waals surface area contributed by atoms with Crippen molar-refractivity contribution in [2.75, 3.05) is 0 Å². The number of thiazole rings is 1. The number of imidazole rings is 1. The molecule has 0 spiro atoms. The SMILES string of the molecule is O=C(NCc1csc2nccn12)c1ccc(Cl)c(Cl)c1. The number of aromatic nitrogens is 2. The van der Waals surface area contributed by atoms with Crippen LogP contribution in [0.1, 0.15) is 16.1 Å². The van der Waals surface area contributed by atoms with E-state index in [1.165, 1.54) is 11.3 Å². The van der Waals surface area contributed by atoms with Gasteiger partial charge in [-0.3, -0.25) is 9.20 Å². The van der Waals surface area contributed by atoms with E-state index in [0.717, 1.165) is 10.7 Å². The number of hydrogen-bond donors (Lipinski definition) is 1. The lowest BCUT2D eigenvalue weighted by molar-refractivity contribution is 0.0950. The highest BCUT2D eigenvalue weighted by atomic mass is 35.5. The van der Waals surface area contributed by atoms with Crippen molar-refractivity contribution in [1.29, 1.82) is 0 Å². The number of halogens is 2. The van der Waals surface area contributed by atoms with Crippen LogP contribution in [0.2, 0.25) is 10.0 Å². The van der Waals surface area contributed by atoms with Gasteiger partial charge in [0.2, 0.25) is 0 Å². The quantitative estimate of drug-likeness (QED) is 0.799. The number of fused-ring (bicyclic) bond motifs is 1. The molecular formula is C13H9Cl2N3OS. The van der Waals surface area contributed by atoms with Gasteiger partial charge >= 0.3 is 0 Å². The van der Waals surface area contributed by atoms with Gasteiger partial charge in [-0.1, -0.05) is 23.2 Å². The molecule has 4 nitrogen and oxygen atoms in total. The molecule has 1 aromatic carbocycles. The lowest BCUT2D eigenvalue weighted by Gasteiger charge is -2.05. The highest BCUT2D eigenvalue weighted by Gasteiger charge is 2.09. The molecule has 0 fully saturated rings. The number of benzene rings is 1. The van der Waals surface area contributed by atoms with Crippen LogP contribution >= 0.6 is 34.5 Å². The van der Waals surface area contributed by atoms with Crippen LogP contribution in [0, 0.1) is 0 Å². The Hall–Kier alpha value is -1.56. The first-order chi connectivity index (χ1) is 9.65. The molecule has 20 heavy (non-hydrogen) atoms. The number of nitrogens with zero attached hydrogens (tertiary/aromatic N) is 2. The van der Waals surface area contributed by atoms with E-state index in [0.29, 0.717) is 22.2 Å². The second-order valence-electron chi connectivity index (χ2n) is 4.12. The van der Waals surface area contributed by atoms with Gasteiger partial charge in [0.25, 0.3) is 5.91 Å². The number of rotatable bonds is 3. The van der Waals surface area contributed by atoms with Crippen molar-refractivity contribution in [2.45, 2.75) is 6.54 Å². The van der Waals surface area contributed by atoms with E-state index in [4.69, 9.17) is 23.2 Å². The van der Waals surface area contributed by atoms with Crippen LogP contribution < -0.4 is 5.32 Å². The van der Waals surface area contributed by atoms with Gasteiger partial charge in [-0.05, 0) is 18.2 Å². The zero-order chi connectivity index (χ0) is 14.1. The van der Waals surface area contributed by atoms with Crippen molar-refractivity contribution in [3.05, 3.63) is 57.3 Å². The fourth-order valence-corrected chi connectivity index (χ4v) is 2.96. The van der Waals surface area contributed by atoms with Crippen molar-refractivity contribution in [3.8, 4) is 0 Å². The highest BCUT2D eigenvalue weighted by Crippen LogP contribution is 2.22. The molecule has 0 radical (unpaired) electrons. The van der Waals surface area contributed by atoms with Gasteiger partial charge in [0.05, 0.1) is 22.3 Å². The minimum atomic E-state index is -0.192. The van der Waals surface area contributed by atoms with E-state index in [2.05, 4.69) is 10.3 Å². The van der Waals surface area contributed by atoms with Crippen molar-refractivity contribution in [1.82, 2.24) is 14.7 Å². The van der Waals surface area contributed by atoms with Crippen molar-refractivity contribution in [2.24, 2.45) is 0 Å². The Morgan fingerprint density at radius 1 is 1.35 bits per heavy atom. The van der Waals surface area contributed by atoms with Gasteiger partial charge in [-0.15, -0.1) is 11.3 Å². The molecule has 1 N–H and O–H groups in total. The number of nitrogens with one attached hydrogen (secondary N) is 1. The maximum Gasteiger partial charge on any atom is 0.251 e. The Morgan fingerprint density at radius 3 is 3.00 bits per heavy atom. The zero-order valence-electron chi connectivity index (χ0n) is 10.1. The van der Waals surface area contributed by atoms with E-state index in [1.807, 2.05) is 16.0 Å². The molecule has 0 aliphatic heterocycles. The molecule has 7 heteroatoms. The monoisotopic (exact) mass is 325 g/mol. The maximum atomic E-state index is 12.0. The average Bonchev–Trinajstić information content (AvgIpc) is 3.02. The smallest absolute Gasteiger partial charge is 0.251 e. The zero-order valence-corrected chi connectivity index (χ0v) is 12.5. The van der Waals surface area contributed by atoms with Gasteiger partial charge in [0.15, 0.2) is 4.96 Å². The predicted octanol–water partition coefficient (Wildman–Crippen LogP) is 3.63. The summed E-state index contributed by atoms with van der Waals surface area (Å²) in [6, 6.07) is 4.81. The summed E-state index contributed by atoms with van der Waals surface area (Å²) in [7, 11) is 0. The number of hydrogen-bond acceptors (Lipinski definition) is 3. The van der Waals surface area contributed by atoms with Crippen LogP contribution in [-0.2, 0) is 6.54 Å². The Kier molecular flexibility index (Phi) is 3.65. The van der Waals surface area contributed by atoms with Gasteiger partial charge in [0, 0.05) is 23.3 Å². The summed E-state index contributed by atoms with van der Waals surface area (Å²) in [5.41, 5.74) is 1.47. The summed E-state index contributed by atoms with van der Waals surface area (Å²) in [5, 5.41) is 5.62. The molecule has 0 unspecified atom stereocenters. The summed E-state index contributed by atoms with van der Waals surface area (Å²) in [4.78, 5) is 17.1. The van der Waals surface area contributed by atoms with Crippen LogP contribution in [0.4, 0.5) is 0 Å². The van der Waals surface area contributed by atoms with E-state index >= 15 is 0 Å². The third kappa shape index (κ3) is 2.52. The van der Waals surface area contributed by atoms with Crippen molar-refractivity contribution < 1.29 is 4.79 Å². The first-order valence-electron chi connectivity index (χ1n) is 5.78. The molecule has 0 bridgehead atoms. The molecule has 0 saturated heterocycles. The summed E-state index contributed by atoms with van der Waals surface area (Å²) >= 11 is 13.3. The molecule has 102 valence electrons. The van der Waals surface area contributed by atoms with Crippen LogP contribution in [0.25, 0.3) is 4.96 Å². The third-order valence-electron chi connectivity index (χ3n) is 2.83. The van der Waals surface area contributed by atoms with Crippen molar-refractivity contribution >= 4 is 45.4 Å². The molecule has 2 heterocycles. The molecule has 0 aliphatic carbocycles. The molecule has 1 amide bonds. The molecule has 3 rings (SSSR count). The maximum absolute atomic E-state index is 12.0. The third-order valence-corrected chi connectivity index (χ3v) is 4.47. The van der Waals surface area contributed by atoms with Crippen LogP contribution in [-0.4, -0.2) is 15.3 Å². The molecule has 0 aliphatic rings. The van der Waals surface area contributed by atoms with Crippen LogP contribution in [0.5, 0.6) is 0 Å². The van der Waals surface area contributed by atoms with Crippen LogP contribution in [0.3, 0.4) is 0 Å². The normalized spacial score (nSPS) is 10.9. The lowest BCUT2D eigenvalue weighted by Crippen LogP contribution is -2.23. The van der Waals surface area contributed by atoms with E-state index in [1.54, 1.807) is 24.4 Å². The number of carbonyl (C=O) groups excluding carboxylic acids is 1. The lowest BCUT2D eigenvalue weighted by atomic mass is 10.2. The summed E-state index contributed by atoms with van der Waals surface area (Å²) in [5.74, 6) is -0.192. The Labute approximate surface area is 129 Å². The summed E-state index contributed by atoms with van der Waals surface area (Å²) in [6.07, 6.45) is 3.60.